The zero-order valence-electron chi connectivity index (χ0n) is 10.7. The Kier molecular flexibility index (Phi) is 5.36. The number of hydrogen-bond donors (Lipinski definition) is 0. The first-order valence-electron chi connectivity index (χ1n) is 5.72. The molecule has 1 aromatic rings. The van der Waals surface area contributed by atoms with E-state index in [1.807, 2.05) is 6.92 Å². The third-order valence-corrected chi connectivity index (χ3v) is 2.22. The second-order valence-corrected chi connectivity index (χ2v) is 4.05. The Hall–Kier alpha value is -1.84. The third-order valence-electron chi connectivity index (χ3n) is 2.22. The number of halogens is 1. The highest BCUT2D eigenvalue weighted by Crippen LogP contribution is 2.17. The Morgan fingerprint density at radius 1 is 1.39 bits per heavy atom. The summed E-state index contributed by atoms with van der Waals surface area (Å²) in [6.45, 7) is 7.39. The van der Waals surface area contributed by atoms with Gasteiger partial charge in [-0.3, -0.25) is 0 Å². The van der Waals surface area contributed by atoms with E-state index >= 15 is 0 Å². The summed E-state index contributed by atoms with van der Waals surface area (Å²) < 4.78 is 23.5. The molecule has 0 bridgehead atoms. The summed E-state index contributed by atoms with van der Waals surface area (Å²) in [5.41, 5.74) is 1.20. The van der Waals surface area contributed by atoms with Gasteiger partial charge in [0.25, 0.3) is 0 Å². The van der Waals surface area contributed by atoms with Crippen LogP contribution in [0.25, 0.3) is 0 Å². The Morgan fingerprint density at radius 3 is 2.72 bits per heavy atom. The lowest BCUT2D eigenvalue weighted by molar-refractivity contribution is -0.139. The van der Waals surface area contributed by atoms with Gasteiger partial charge < -0.3 is 9.47 Å². The molecule has 0 atom stereocenters. The van der Waals surface area contributed by atoms with Crippen molar-refractivity contribution in [3.05, 3.63) is 41.7 Å². The van der Waals surface area contributed by atoms with Crippen LogP contribution in [0.2, 0.25) is 0 Å². The van der Waals surface area contributed by atoms with Crippen LogP contribution in [0.5, 0.6) is 5.75 Å². The third kappa shape index (κ3) is 4.57. The molecule has 4 heteroatoms. The minimum absolute atomic E-state index is 0.215. The van der Waals surface area contributed by atoms with Gasteiger partial charge >= 0.3 is 5.97 Å². The molecule has 0 amide bonds. The summed E-state index contributed by atoms with van der Waals surface area (Å²) in [7, 11) is 0. The molecule has 0 aliphatic carbocycles. The summed E-state index contributed by atoms with van der Waals surface area (Å²) >= 11 is 0. The molecular formula is C14H17FO3. The van der Waals surface area contributed by atoms with E-state index in [0.717, 1.165) is 5.56 Å². The molecule has 0 saturated carbocycles. The summed E-state index contributed by atoms with van der Waals surface area (Å²) in [4.78, 5) is 11.0. The summed E-state index contributed by atoms with van der Waals surface area (Å²) in [6.07, 6.45) is 0.506. The normalized spacial score (nSPS) is 9.94. The van der Waals surface area contributed by atoms with Crippen molar-refractivity contribution >= 4 is 5.97 Å². The molecule has 1 aromatic carbocycles. The second-order valence-electron chi connectivity index (χ2n) is 4.05. The lowest BCUT2D eigenvalue weighted by Crippen LogP contribution is -2.09. The first kappa shape index (κ1) is 14.2. The maximum absolute atomic E-state index is 13.4. The predicted octanol–water partition coefficient (Wildman–Crippen LogP) is 3.02. The van der Waals surface area contributed by atoms with Crippen molar-refractivity contribution in [3.63, 3.8) is 0 Å². The lowest BCUT2D eigenvalue weighted by atomic mass is 10.2. The molecular weight excluding hydrogens is 235 g/mol. The molecule has 3 nitrogen and oxygen atoms in total. The van der Waals surface area contributed by atoms with Crippen molar-refractivity contribution in [1.82, 2.24) is 0 Å². The quantitative estimate of drug-likeness (QED) is 0.443. The van der Waals surface area contributed by atoms with E-state index in [9.17, 15) is 9.18 Å². The smallest absolute Gasteiger partial charge is 0.333 e. The van der Waals surface area contributed by atoms with Gasteiger partial charge in [0.05, 0.1) is 13.2 Å². The van der Waals surface area contributed by atoms with E-state index in [2.05, 4.69) is 6.58 Å². The van der Waals surface area contributed by atoms with E-state index in [-0.39, 0.29) is 18.2 Å². The van der Waals surface area contributed by atoms with Crippen LogP contribution in [0.15, 0.2) is 30.4 Å². The molecule has 0 aromatic heterocycles. The predicted molar refractivity (Wildman–Crippen MR) is 67.0 cm³/mol. The van der Waals surface area contributed by atoms with E-state index < -0.39 is 5.97 Å². The molecule has 0 radical (unpaired) electrons. The monoisotopic (exact) mass is 252 g/mol. The van der Waals surface area contributed by atoms with Crippen LogP contribution in [-0.4, -0.2) is 19.2 Å². The van der Waals surface area contributed by atoms with Crippen molar-refractivity contribution in [3.8, 4) is 5.75 Å². The van der Waals surface area contributed by atoms with Crippen molar-refractivity contribution in [1.29, 1.82) is 0 Å². The molecule has 0 fully saturated rings. The molecule has 0 aliphatic rings. The first-order chi connectivity index (χ1) is 8.50. The average molecular weight is 252 g/mol. The van der Waals surface area contributed by atoms with Crippen LogP contribution >= 0.6 is 0 Å². The first-order valence-corrected chi connectivity index (χ1v) is 5.72. The Labute approximate surface area is 106 Å². The highest BCUT2D eigenvalue weighted by atomic mass is 19.1. The maximum atomic E-state index is 13.4. The van der Waals surface area contributed by atoms with Gasteiger partial charge in [0, 0.05) is 12.0 Å². The van der Waals surface area contributed by atoms with Crippen molar-refractivity contribution < 1.29 is 18.7 Å². The van der Waals surface area contributed by atoms with Gasteiger partial charge in [0.2, 0.25) is 0 Å². The summed E-state index contributed by atoms with van der Waals surface area (Å²) in [5, 5.41) is 0. The van der Waals surface area contributed by atoms with Gasteiger partial charge in [-0.05, 0) is 31.5 Å². The zero-order chi connectivity index (χ0) is 13.5. The molecule has 18 heavy (non-hydrogen) atoms. The van der Waals surface area contributed by atoms with Crippen LogP contribution < -0.4 is 4.74 Å². The van der Waals surface area contributed by atoms with Crippen LogP contribution in [0.3, 0.4) is 0 Å². The topological polar surface area (TPSA) is 35.5 Å². The number of rotatable bonds is 6. The highest BCUT2D eigenvalue weighted by molar-refractivity contribution is 5.86. The fourth-order valence-electron chi connectivity index (χ4n) is 1.25. The van der Waals surface area contributed by atoms with E-state index in [4.69, 9.17) is 9.47 Å². The molecule has 0 spiro atoms. The molecule has 0 unspecified atom stereocenters. The number of benzene rings is 1. The molecule has 0 aliphatic heterocycles. The number of carbonyl (C=O) groups is 1. The molecule has 1 rings (SSSR count). The lowest BCUT2D eigenvalue weighted by Gasteiger charge is -2.08. The molecule has 0 saturated heterocycles. The van der Waals surface area contributed by atoms with E-state index in [1.165, 1.54) is 6.07 Å². The number of carbonyl (C=O) groups excluding carboxylic acids is 1. The largest absolute Gasteiger partial charge is 0.490 e. The minimum atomic E-state index is -0.420. The Balaban J connectivity index is 2.26. The van der Waals surface area contributed by atoms with Crippen LogP contribution in [0, 0.1) is 12.7 Å². The summed E-state index contributed by atoms with van der Waals surface area (Å²) in [5.74, 6) is -0.586. The van der Waals surface area contributed by atoms with Crippen LogP contribution in [-0.2, 0) is 9.53 Å². The highest BCUT2D eigenvalue weighted by Gasteiger charge is 2.04. The fraction of sp³-hybridized carbons (Fsp3) is 0.357. The van der Waals surface area contributed by atoms with E-state index in [0.29, 0.717) is 18.6 Å². The van der Waals surface area contributed by atoms with Gasteiger partial charge in [0.15, 0.2) is 11.6 Å². The standard InChI is InChI=1S/C14H17FO3/c1-10(2)14(16)18-8-4-7-17-13-6-5-11(3)9-12(13)15/h5-6,9H,1,4,7-8H2,2-3H3. The summed E-state index contributed by atoms with van der Waals surface area (Å²) in [6, 6.07) is 4.78. The van der Waals surface area contributed by atoms with Crippen molar-refractivity contribution in [2.75, 3.05) is 13.2 Å². The fourth-order valence-corrected chi connectivity index (χ4v) is 1.25. The SMILES string of the molecule is C=C(C)C(=O)OCCCOc1ccc(C)cc1F. The number of aryl methyl sites for hydroxylation is 1. The maximum Gasteiger partial charge on any atom is 0.333 e. The number of ether oxygens (including phenoxy) is 2. The Bertz CT molecular complexity index is 441. The van der Waals surface area contributed by atoms with Gasteiger partial charge in [-0.15, -0.1) is 0 Å². The average Bonchev–Trinajstić information content (AvgIpc) is 2.30. The number of hydrogen-bond acceptors (Lipinski definition) is 3. The molecule has 98 valence electrons. The van der Waals surface area contributed by atoms with Crippen molar-refractivity contribution in [2.24, 2.45) is 0 Å². The van der Waals surface area contributed by atoms with Gasteiger partial charge in [0.1, 0.15) is 0 Å². The van der Waals surface area contributed by atoms with Crippen molar-refractivity contribution in [2.45, 2.75) is 20.3 Å². The molecule has 0 N–H and O–H groups in total. The van der Waals surface area contributed by atoms with Crippen LogP contribution in [0.1, 0.15) is 18.9 Å². The van der Waals surface area contributed by atoms with Gasteiger partial charge in [-0.25, -0.2) is 9.18 Å². The van der Waals surface area contributed by atoms with E-state index in [1.54, 1.807) is 19.1 Å². The number of esters is 1. The minimum Gasteiger partial charge on any atom is -0.490 e. The zero-order valence-corrected chi connectivity index (χ0v) is 10.7. The Morgan fingerprint density at radius 2 is 2.11 bits per heavy atom. The van der Waals surface area contributed by atoms with Gasteiger partial charge in [-0.1, -0.05) is 12.6 Å². The molecule has 0 heterocycles. The van der Waals surface area contributed by atoms with Crippen LogP contribution in [0.4, 0.5) is 4.39 Å². The second kappa shape index (κ2) is 6.79. The van der Waals surface area contributed by atoms with Gasteiger partial charge in [-0.2, -0.15) is 0 Å².